The summed E-state index contributed by atoms with van der Waals surface area (Å²) >= 11 is 0. The molecule has 0 saturated carbocycles. The summed E-state index contributed by atoms with van der Waals surface area (Å²) in [5, 5.41) is 3.06. The van der Waals surface area contributed by atoms with Crippen molar-refractivity contribution in [3.05, 3.63) is 29.8 Å². The third kappa shape index (κ3) is 10.7. The molecule has 1 N–H and O–H groups in total. The summed E-state index contributed by atoms with van der Waals surface area (Å²) in [7, 11) is 7.75. The molecule has 0 aliphatic carbocycles. The molecule has 0 radical (unpaired) electrons. The van der Waals surface area contributed by atoms with E-state index in [1.54, 1.807) is 12.1 Å². The second-order valence-electron chi connectivity index (χ2n) is 5.59. The summed E-state index contributed by atoms with van der Waals surface area (Å²) in [5.74, 6) is 0.503. The van der Waals surface area contributed by atoms with E-state index in [9.17, 15) is 8.42 Å². The van der Waals surface area contributed by atoms with Gasteiger partial charge in [-0.15, -0.1) is 0 Å². The molecule has 1 aromatic carbocycles. The van der Waals surface area contributed by atoms with Crippen LogP contribution in [0.15, 0.2) is 29.2 Å². The van der Waals surface area contributed by atoms with E-state index in [4.69, 9.17) is 10.7 Å². The topological polar surface area (TPSA) is 49.4 Å². The molecule has 0 spiro atoms. The van der Waals surface area contributed by atoms with Gasteiger partial charge in [-0.3, -0.25) is 0 Å². The zero-order valence-corrected chi connectivity index (χ0v) is 15.1. The minimum Gasteiger partial charge on any atom is -0.318 e. The Balaban J connectivity index is 0.000000486. The molecule has 1 aromatic rings. The van der Waals surface area contributed by atoms with Crippen LogP contribution in [-0.2, 0) is 15.5 Å². The number of hydrogen-bond donors (Lipinski definition) is 1. The van der Waals surface area contributed by atoms with Gasteiger partial charge >= 0.3 is 0 Å². The van der Waals surface area contributed by atoms with Crippen LogP contribution < -0.4 is 5.32 Å². The van der Waals surface area contributed by atoms with Crippen LogP contribution in [0.4, 0.5) is 0 Å². The number of benzene rings is 1. The molecule has 0 heterocycles. The molecule has 0 atom stereocenters. The SMILES string of the molecule is CC(C)Cc1cccc(S(=O)(=O)Cl)c1.CNCCN(C)C. The fourth-order valence-electron chi connectivity index (χ4n) is 1.63. The van der Waals surface area contributed by atoms with Crippen LogP contribution in [0, 0.1) is 5.92 Å². The second kappa shape index (κ2) is 10.2. The molecule has 0 fully saturated rings. The summed E-state index contributed by atoms with van der Waals surface area (Å²) in [5.41, 5.74) is 1.00. The first-order chi connectivity index (χ1) is 9.66. The Morgan fingerprint density at radius 2 is 1.90 bits per heavy atom. The van der Waals surface area contributed by atoms with Gasteiger partial charge in [-0.05, 0) is 51.2 Å². The van der Waals surface area contributed by atoms with Crippen molar-refractivity contribution in [2.45, 2.75) is 25.2 Å². The van der Waals surface area contributed by atoms with E-state index in [1.807, 2.05) is 13.1 Å². The van der Waals surface area contributed by atoms with Crippen molar-refractivity contribution in [1.82, 2.24) is 10.2 Å². The first kappa shape index (κ1) is 20.4. The Kier molecular flexibility index (Phi) is 9.86. The number of hydrogen-bond acceptors (Lipinski definition) is 4. The van der Waals surface area contributed by atoms with Gasteiger partial charge in [-0.25, -0.2) is 8.42 Å². The lowest BCUT2D eigenvalue weighted by Crippen LogP contribution is -2.23. The molecule has 0 aliphatic heterocycles. The highest BCUT2D eigenvalue weighted by Crippen LogP contribution is 2.17. The highest BCUT2D eigenvalue weighted by molar-refractivity contribution is 8.13. The third-order valence-electron chi connectivity index (χ3n) is 2.63. The highest BCUT2D eigenvalue weighted by Gasteiger charge is 2.10. The average Bonchev–Trinajstić information content (AvgIpc) is 2.35. The van der Waals surface area contributed by atoms with Crippen LogP contribution in [0.5, 0.6) is 0 Å². The molecule has 1 rings (SSSR count). The molecule has 0 unspecified atom stereocenters. The van der Waals surface area contributed by atoms with Crippen molar-refractivity contribution in [3.63, 3.8) is 0 Å². The lowest BCUT2D eigenvalue weighted by Gasteiger charge is -2.06. The van der Waals surface area contributed by atoms with Gasteiger partial charge in [0.2, 0.25) is 0 Å². The highest BCUT2D eigenvalue weighted by atomic mass is 35.7. The summed E-state index contributed by atoms with van der Waals surface area (Å²) in [6.07, 6.45) is 0.861. The fourth-order valence-corrected chi connectivity index (χ4v) is 2.45. The number of nitrogens with one attached hydrogen (secondary N) is 1. The molecule has 0 aromatic heterocycles. The summed E-state index contributed by atoms with van der Waals surface area (Å²) in [4.78, 5) is 2.33. The largest absolute Gasteiger partial charge is 0.318 e. The van der Waals surface area contributed by atoms with Gasteiger partial charge in [0.1, 0.15) is 0 Å². The van der Waals surface area contributed by atoms with Crippen LogP contribution in [0.3, 0.4) is 0 Å². The van der Waals surface area contributed by atoms with Gasteiger partial charge in [0.15, 0.2) is 0 Å². The molecule has 6 heteroatoms. The van der Waals surface area contributed by atoms with E-state index in [2.05, 4.69) is 38.2 Å². The number of nitrogens with zero attached hydrogens (tertiary/aromatic N) is 1. The van der Waals surface area contributed by atoms with Crippen LogP contribution in [0.25, 0.3) is 0 Å². The Labute approximate surface area is 133 Å². The molecule has 122 valence electrons. The average molecular weight is 335 g/mol. The lowest BCUT2D eigenvalue weighted by molar-refractivity contribution is 0.407. The van der Waals surface area contributed by atoms with Crippen LogP contribution in [0.2, 0.25) is 0 Å². The summed E-state index contributed by atoms with van der Waals surface area (Å²) in [6, 6.07) is 6.76. The van der Waals surface area contributed by atoms with Crippen molar-refractivity contribution >= 4 is 19.7 Å². The standard InChI is InChI=1S/C10H13ClO2S.C5H14N2/c1-8(2)6-9-4-3-5-10(7-9)14(11,12)13;1-6-4-5-7(2)3/h3-5,7-8H,6H2,1-2H3;6H,4-5H2,1-3H3. The van der Waals surface area contributed by atoms with Gasteiger partial charge in [-0.2, -0.15) is 0 Å². The maximum atomic E-state index is 11.0. The maximum absolute atomic E-state index is 11.0. The van der Waals surface area contributed by atoms with Crippen molar-refractivity contribution in [3.8, 4) is 0 Å². The van der Waals surface area contributed by atoms with Crippen molar-refractivity contribution in [2.75, 3.05) is 34.2 Å². The molecule has 0 amide bonds. The lowest BCUT2D eigenvalue weighted by atomic mass is 10.0. The van der Waals surface area contributed by atoms with E-state index < -0.39 is 9.05 Å². The van der Waals surface area contributed by atoms with Gasteiger partial charge in [0, 0.05) is 23.8 Å². The smallest absolute Gasteiger partial charge is 0.261 e. The predicted molar refractivity (Wildman–Crippen MR) is 90.5 cm³/mol. The molecular formula is C15H27ClN2O2S. The van der Waals surface area contributed by atoms with E-state index >= 15 is 0 Å². The Morgan fingerprint density at radius 3 is 2.29 bits per heavy atom. The predicted octanol–water partition coefficient (Wildman–Crippen LogP) is 2.58. The minimum atomic E-state index is -3.59. The monoisotopic (exact) mass is 334 g/mol. The van der Waals surface area contributed by atoms with Crippen molar-refractivity contribution in [1.29, 1.82) is 0 Å². The van der Waals surface area contributed by atoms with Gasteiger partial charge in [0.05, 0.1) is 4.90 Å². The van der Waals surface area contributed by atoms with E-state index in [0.717, 1.165) is 25.1 Å². The quantitative estimate of drug-likeness (QED) is 0.812. The first-order valence-corrected chi connectivity index (χ1v) is 9.30. The van der Waals surface area contributed by atoms with E-state index in [-0.39, 0.29) is 4.90 Å². The van der Waals surface area contributed by atoms with Crippen LogP contribution in [-0.4, -0.2) is 47.6 Å². The van der Waals surface area contributed by atoms with E-state index in [0.29, 0.717) is 5.92 Å². The molecule has 0 aliphatic rings. The number of likely N-dealkylation sites (N-methyl/N-ethyl adjacent to an activating group) is 2. The molecular weight excluding hydrogens is 308 g/mol. The van der Waals surface area contributed by atoms with Crippen molar-refractivity contribution < 1.29 is 8.42 Å². The van der Waals surface area contributed by atoms with Gasteiger partial charge in [-0.1, -0.05) is 26.0 Å². The zero-order valence-electron chi connectivity index (χ0n) is 13.6. The van der Waals surface area contributed by atoms with E-state index in [1.165, 1.54) is 6.07 Å². The maximum Gasteiger partial charge on any atom is 0.261 e. The minimum absolute atomic E-state index is 0.178. The first-order valence-electron chi connectivity index (χ1n) is 6.99. The molecule has 4 nitrogen and oxygen atoms in total. The van der Waals surface area contributed by atoms with Crippen LogP contribution >= 0.6 is 10.7 Å². The molecule has 0 bridgehead atoms. The normalized spacial score (nSPS) is 11.4. The van der Waals surface area contributed by atoms with Gasteiger partial charge in [0.25, 0.3) is 9.05 Å². The zero-order chi connectivity index (χ0) is 16.5. The van der Waals surface area contributed by atoms with Crippen molar-refractivity contribution in [2.24, 2.45) is 5.92 Å². The molecule has 21 heavy (non-hydrogen) atoms. The summed E-state index contributed by atoms with van der Waals surface area (Å²) < 4.78 is 22.1. The number of halogens is 1. The Hall–Kier alpha value is -0.620. The third-order valence-corrected chi connectivity index (χ3v) is 3.98. The van der Waals surface area contributed by atoms with Gasteiger partial charge < -0.3 is 10.2 Å². The fraction of sp³-hybridized carbons (Fsp3) is 0.600. The Bertz CT molecular complexity index is 502. The van der Waals surface area contributed by atoms with Crippen LogP contribution in [0.1, 0.15) is 19.4 Å². The molecule has 0 saturated heterocycles. The Morgan fingerprint density at radius 1 is 1.29 bits per heavy atom. The second-order valence-corrected chi connectivity index (χ2v) is 8.16. The number of rotatable bonds is 6. The summed E-state index contributed by atoms with van der Waals surface area (Å²) in [6.45, 7) is 6.37.